The first-order valence-corrected chi connectivity index (χ1v) is 6.36. The smallest absolute Gasteiger partial charge is 0.308 e. The van der Waals surface area contributed by atoms with Gasteiger partial charge in [0.15, 0.2) is 0 Å². The Morgan fingerprint density at radius 3 is 2.50 bits per heavy atom. The number of aliphatic carboxylic acids is 1. The minimum Gasteiger partial charge on any atom is -0.481 e. The SMILES string of the molecule is CC(C)(C)n1cc(C(=O)N2CCC(C(=O)O)C2)cn1.Cl. The molecule has 1 unspecified atom stereocenters. The lowest BCUT2D eigenvalue weighted by Gasteiger charge is -2.19. The molecule has 0 spiro atoms. The maximum absolute atomic E-state index is 12.2. The van der Waals surface area contributed by atoms with Gasteiger partial charge in [0.25, 0.3) is 5.91 Å². The van der Waals surface area contributed by atoms with Gasteiger partial charge in [-0.3, -0.25) is 14.3 Å². The minimum absolute atomic E-state index is 0. The topological polar surface area (TPSA) is 75.4 Å². The van der Waals surface area contributed by atoms with Crippen LogP contribution in [-0.2, 0) is 10.3 Å². The predicted molar refractivity (Wildman–Crippen MR) is 76.1 cm³/mol. The van der Waals surface area contributed by atoms with Crippen LogP contribution < -0.4 is 0 Å². The lowest BCUT2D eigenvalue weighted by molar-refractivity contribution is -0.141. The standard InChI is InChI=1S/C13H19N3O3.ClH/c1-13(2,3)16-8-10(6-14-16)11(17)15-5-4-9(7-15)12(18)19;/h6,8-9H,4-5,7H2,1-3H3,(H,18,19);1H. The van der Waals surface area contributed by atoms with Gasteiger partial charge >= 0.3 is 5.97 Å². The number of hydrogen-bond acceptors (Lipinski definition) is 3. The highest BCUT2D eigenvalue weighted by Crippen LogP contribution is 2.20. The van der Waals surface area contributed by atoms with Gasteiger partial charge in [0.2, 0.25) is 0 Å². The Kier molecular flexibility index (Phi) is 4.81. The van der Waals surface area contributed by atoms with Crippen molar-refractivity contribution in [2.24, 2.45) is 5.92 Å². The van der Waals surface area contributed by atoms with Crippen LogP contribution in [0.4, 0.5) is 0 Å². The summed E-state index contributed by atoms with van der Waals surface area (Å²) in [6.45, 7) is 6.80. The quantitative estimate of drug-likeness (QED) is 0.900. The molecule has 7 heteroatoms. The summed E-state index contributed by atoms with van der Waals surface area (Å²) in [5, 5.41) is 13.1. The molecule has 6 nitrogen and oxygen atoms in total. The van der Waals surface area contributed by atoms with Gasteiger partial charge in [-0.1, -0.05) is 0 Å². The van der Waals surface area contributed by atoms with E-state index in [0.717, 1.165) is 0 Å². The number of likely N-dealkylation sites (tertiary alicyclic amines) is 1. The summed E-state index contributed by atoms with van der Waals surface area (Å²) >= 11 is 0. The molecule has 1 aliphatic rings. The minimum atomic E-state index is -0.833. The molecule has 0 bridgehead atoms. The van der Waals surface area contributed by atoms with Crippen molar-refractivity contribution in [1.29, 1.82) is 0 Å². The van der Waals surface area contributed by atoms with E-state index in [4.69, 9.17) is 5.11 Å². The fraction of sp³-hybridized carbons (Fsp3) is 0.615. The lowest BCUT2D eigenvalue weighted by atomic mass is 10.1. The Hall–Kier alpha value is -1.56. The molecular formula is C13H20ClN3O3. The largest absolute Gasteiger partial charge is 0.481 e. The van der Waals surface area contributed by atoms with Crippen LogP contribution in [0.3, 0.4) is 0 Å². The van der Waals surface area contributed by atoms with E-state index >= 15 is 0 Å². The Morgan fingerprint density at radius 1 is 1.40 bits per heavy atom. The number of halogens is 1. The first kappa shape index (κ1) is 16.5. The molecule has 1 aliphatic heterocycles. The summed E-state index contributed by atoms with van der Waals surface area (Å²) in [5.74, 6) is -1.42. The molecule has 0 aliphatic carbocycles. The number of amides is 1. The summed E-state index contributed by atoms with van der Waals surface area (Å²) in [6, 6.07) is 0. The van der Waals surface area contributed by atoms with Crippen LogP contribution in [0.5, 0.6) is 0 Å². The Balaban J connectivity index is 0.00000200. The second-order valence-corrected chi connectivity index (χ2v) is 5.92. The molecule has 0 aromatic carbocycles. The van der Waals surface area contributed by atoms with Gasteiger partial charge in [-0.2, -0.15) is 5.10 Å². The van der Waals surface area contributed by atoms with E-state index in [2.05, 4.69) is 5.10 Å². The van der Waals surface area contributed by atoms with Crippen LogP contribution in [0.2, 0.25) is 0 Å². The van der Waals surface area contributed by atoms with Gasteiger partial charge in [0.1, 0.15) is 0 Å². The van der Waals surface area contributed by atoms with Crippen molar-refractivity contribution in [3.05, 3.63) is 18.0 Å². The first-order valence-electron chi connectivity index (χ1n) is 6.36. The molecule has 0 radical (unpaired) electrons. The molecule has 20 heavy (non-hydrogen) atoms. The second-order valence-electron chi connectivity index (χ2n) is 5.92. The van der Waals surface area contributed by atoms with E-state index in [1.165, 1.54) is 0 Å². The third-order valence-corrected chi connectivity index (χ3v) is 3.34. The summed E-state index contributed by atoms with van der Waals surface area (Å²) in [7, 11) is 0. The molecule has 112 valence electrons. The maximum atomic E-state index is 12.2. The van der Waals surface area contributed by atoms with Gasteiger partial charge < -0.3 is 10.0 Å². The van der Waals surface area contributed by atoms with E-state index in [1.807, 2.05) is 20.8 Å². The van der Waals surface area contributed by atoms with Gasteiger partial charge in [-0.15, -0.1) is 12.4 Å². The van der Waals surface area contributed by atoms with E-state index < -0.39 is 11.9 Å². The zero-order chi connectivity index (χ0) is 14.2. The normalized spacial score (nSPS) is 18.8. The molecule has 2 heterocycles. The van der Waals surface area contributed by atoms with Crippen molar-refractivity contribution in [3.63, 3.8) is 0 Å². The molecule has 1 aromatic heterocycles. The summed E-state index contributed by atoms with van der Waals surface area (Å²) in [6.07, 6.45) is 3.78. The third kappa shape index (κ3) is 3.30. The first-order chi connectivity index (χ1) is 8.79. The molecule has 1 atom stereocenters. The highest BCUT2D eigenvalue weighted by molar-refractivity contribution is 5.94. The number of carbonyl (C=O) groups excluding carboxylic acids is 1. The van der Waals surface area contributed by atoms with Gasteiger partial charge in [0.05, 0.1) is 23.2 Å². The molecule has 1 fully saturated rings. The molecule has 1 aromatic rings. The second kappa shape index (κ2) is 5.83. The highest BCUT2D eigenvalue weighted by atomic mass is 35.5. The average molecular weight is 302 g/mol. The molecule has 1 saturated heterocycles. The number of aromatic nitrogens is 2. The van der Waals surface area contributed by atoms with Crippen LogP contribution >= 0.6 is 12.4 Å². The van der Waals surface area contributed by atoms with Crippen LogP contribution in [0.1, 0.15) is 37.6 Å². The molecule has 1 amide bonds. The van der Waals surface area contributed by atoms with Crippen molar-refractivity contribution in [2.75, 3.05) is 13.1 Å². The van der Waals surface area contributed by atoms with Crippen LogP contribution in [0.15, 0.2) is 12.4 Å². The zero-order valence-electron chi connectivity index (χ0n) is 11.9. The zero-order valence-corrected chi connectivity index (χ0v) is 12.7. The average Bonchev–Trinajstić information content (AvgIpc) is 2.97. The Labute approximate surface area is 124 Å². The van der Waals surface area contributed by atoms with Gasteiger partial charge in [-0.05, 0) is 27.2 Å². The summed E-state index contributed by atoms with van der Waals surface area (Å²) in [4.78, 5) is 24.7. The van der Waals surface area contributed by atoms with Crippen LogP contribution in [-0.4, -0.2) is 44.8 Å². The predicted octanol–water partition coefficient (Wildman–Crippen LogP) is 1.61. The Morgan fingerprint density at radius 2 is 2.05 bits per heavy atom. The monoisotopic (exact) mass is 301 g/mol. The van der Waals surface area contributed by atoms with Crippen molar-refractivity contribution in [1.82, 2.24) is 14.7 Å². The highest BCUT2D eigenvalue weighted by Gasteiger charge is 2.32. The molecule has 2 rings (SSSR count). The number of carbonyl (C=O) groups is 2. The summed E-state index contributed by atoms with van der Waals surface area (Å²) < 4.78 is 1.74. The fourth-order valence-electron chi connectivity index (χ4n) is 2.13. The lowest BCUT2D eigenvalue weighted by Crippen LogP contribution is -2.30. The van der Waals surface area contributed by atoms with E-state index in [0.29, 0.717) is 18.5 Å². The van der Waals surface area contributed by atoms with Crippen LogP contribution in [0.25, 0.3) is 0 Å². The van der Waals surface area contributed by atoms with Crippen molar-refractivity contribution >= 4 is 24.3 Å². The van der Waals surface area contributed by atoms with E-state index in [9.17, 15) is 9.59 Å². The third-order valence-electron chi connectivity index (χ3n) is 3.34. The summed E-state index contributed by atoms with van der Waals surface area (Å²) in [5.41, 5.74) is 0.341. The fourth-order valence-corrected chi connectivity index (χ4v) is 2.13. The molecule has 0 saturated carbocycles. The van der Waals surface area contributed by atoms with Gasteiger partial charge in [0, 0.05) is 19.3 Å². The molecular weight excluding hydrogens is 282 g/mol. The van der Waals surface area contributed by atoms with Crippen molar-refractivity contribution in [2.45, 2.75) is 32.7 Å². The van der Waals surface area contributed by atoms with Crippen molar-refractivity contribution < 1.29 is 14.7 Å². The van der Waals surface area contributed by atoms with E-state index in [-0.39, 0.29) is 30.4 Å². The maximum Gasteiger partial charge on any atom is 0.308 e. The van der Waals surface area contributed by atoms with Crippen LogP contribution in [0, 0.1) is 5.92 Å². The van der Waals surface area contributed by atoms with Gasteiger partial charge in [-0.25, -0.2) is 0 Å². The number of rotatable bonds is 2. The molecule has 1 N–H and O–H groups in total. The number of nitrogens with zero attached hydrogens (tertiary/aromatic N) is 3. The van der Waals surface area contributed by atoms with Crippen molar-refractivity contribution in [3.8, 4) is 0 Å². The number of carboxylic acids is 1. The number of carboxylic acid groups (broad SMARTS) is 1. The number of hydrogen-bond donors (Lipinski definition) is 1. The Bertz CT molecular complexity index is 507. The van der Waals surface area contributed by atoms with E-state index in [1.54, 1.807) is 22.0 Å².